The SMILES string of the molecule is CC(C)(C)CNCC(C(=O)O)C(F)(F)F. The Balaban J connectivity index is 4.17. The molecule has 15 heavy (non-hydrogen) atoms. The minimum Gasteiger partial charge on any atom is -0.481 e. The van der Waals surface area contributed by atoms with Crippen molar-refractivity contribution in [3.63, 3.8) is 0 Å². The highest BCUT2D eigenvalue weighted by Crippen LogP contribution is 2.26. The number of carboxylic acid groups (broad SMARTS) is 1. The number of aliphatic carboxylic acids is 1. The summed E-state index contributed by atoms with van der Waals surface area (Å²) < 4.78 is 36.5. The van der Waals surface area contributed by atoms with Gasteiger partial charge >= 0.3 is 12.1 Å². The first-order chi connectivity index (χ1) is 6.54. The molecule has 0 fully saturated rings. The molecule has 0 radical (unpaired) electrons. The maximum atomic E-state index is 12.2. The lowest BCUT2D eigenvalue weighted by molar-refractivity contribution is -0.192. The van der Waals surface area contributed by atoms with Crippen LogP contribution in [0.2, 0.25) is 0 Å². The van der Waals surface area contributed by atoms with Gasteiger partial charge in [-0.15, -0.1) is 0 Å². The van der Waals surface area contributed by atoms with Crippen molar-refractivity contribution in [1.82, 2.24) is 5.32 Å². The second kappa shape index (κ2) is 4.83. The number of hydrogen-bond acceptors (Lipinski definition) is 2. The topological polar surface area (TPSA) is 49.3 Å². The van der Waals surface area contributed by atoms with Gasteiger partial charge in [-0.05, 0) is 5.41 Å². The van der Waals surface area contributed by atoms with Gasteiger partial charge in [-0.2, -0.15) is 13.2 Å². The molecule has 1 atom stereocenters. The number of carbonyl (C=O) groups is 1. The fraction of sp³-hybridized carbons (Fsp3) is 0.889. The predicted octanol–water partition coefficient (Wildman–Crippen LogP) is 1.89. The van der Waals surface area contributed by atoms with E-state index in [1.807, 2.05) is 20.8 Å². The molecular weight excluding hydrogens is 211 g/mol. The van der Waals surface area contributed by atoms with E-state index in [2.05, 4.69) is 5.32 Å². The molecule has 0 aromatic heterocycles. The van der Waals surface area contributed by atoms with Crippen LogP contribution in [0, 0.1) is 11.3 Å². The highest BCUT2D eigenvalue weighted by Gasteiger charge is 2.44. The first-order valence-electron chi connectivity index (χ1n) is 4.54. The van der Waals surface area contributed by atoms with Crippen LogP contribution < -0.4 is 5.32 Å². The Bertz CT molecular complexity index is 220. The monoisotopic (exact) mass is 227 g/mol. The van der Waals surface area contributed by atoms with Gasteiger partial charge in [0, 0.05) is 13.1 Å². The molecule has 0 aliphatic heterocycles. The van der Waals surface area contributed by atoms with Gasteiger partial charge in [-0.3, -0.25) is 4.79 Å². The fourth-order valence-electron chi connectivity index (χ4n) is 0.935. The molecule has 1 unspecified atom stereocenters. The van der Waals surface area contributed by atoms with Crippen molar-refractivity contribution in [3.05, 3.63) is 0 Å². The van der Waals surface area contributed by atoms with Crippen LogP contribution in [-0.2, 0) is 4.79 Å². The summed E-state index contributed by atoms with van der Waals surface area (Å²) >= 11 is 0. The van der Waals surface area contributed by atoms with Crippen LogP contribution in [0.1, 0.15) is 20.8 Å². The lowest BCUT2D eigenvalue weighted by Crippen LogP contribution is -2.41. The van der Waals surface area contributed by atoms with Crippen molar-refractivity contribution in [2.45, 2.75) is 26.9 Å². The van der Waals surface area contributed by atoms with Gasteiger partial charge < -0.3 is 10.4 Å². The van der Waals surface area contributed by atoms with Crippen LogP contribution in [0.4, 0.5) is 13.2 Å². The van der Waals surface area contributed by atoms with E-state index in [-0.39, 0.29) is 5.41 Å². The number of nitrogens with one attached hydrogen (secondary N) is 1. The molecule has 0 spiro atoms. The quantitative estimate of drug-likeness (QED) is 0.771. The van der Waals surface area contributed by atoms with Gasteiger partial charge in [0.15, 0.2) is 5.92 Å². The molecule has 0 aliphatic rings. The molecular formula is C9H16F3NO2. The lowest BCUT2D eigenvalue weighted by Gasteiger charge is -2.22. The molecule has 0 heterocycles. The normalized spacial score (nSPS) is 15.1. The molecule has 0 aromatic rings. The summed E-state index contributed by atoms with van der Waals surface area (Å²) in [5, 5.41) is 10.9. The summed E-state index contributed by atoms with van der Waals surface area (Å²) in [7, 11) is 0. The van der Waals surface area contributed by atoms with Gasteiger partial charge in [-0.1, -0.05) is 20.8 Å². The van der Waals surface area contributed by atoms with Crippen LogP contribution in [-0.4, -0.2) is 30.3 Å². The molecule has 0 aliphatic carbocycles. The van der Waals surface area contributed by atoms with Crippen molar-refractivity contribution in [2.75, 3.05) is 13.1 Å². The maximum absolute atomic E-state index is 12.2. The fourth-order valence-corrected chi connectivity index (χ4v) is 0.935. The molecule has 0 rings (SSSR count). The Kier molecular flexibility index (Phi) is 4.58. The zero-order valence-electron chi connectivity index (χ0n) is 8.98. The van der Waals surface area contributed by atoms with Crippen molar-refractivity contribution in [1.29, 1.82) is 0 Å². The average Bonchev–Trinajstić information content (AvgIpc) is 1.92. The average molecular weight is 227 g/mol. The van der Waals surface area contributed by atoms with Gasteiger partial charge in [0.1, 0.15) is 0 Å². The molecule has 2 N–H and O–H groups in total. The maximum Gasteiger partial charge on any atom is 0.403 e. The van der Waals surface area contributed by atoms with Crippen molar-refractivity contribution in [2.24, 2.45) is 11.3 Å². The largest absolute Gasteiger partial charge is 0.481 e. The summed E-state index contributed by atoms with van der Waals surface area (Å²) in [6, 6.07) is 0. The van der Waals surface area contributed by atoms with E-state index in [0.717, 1.165) is 0 Å². The Labute approximate surface area is 86.7 Å². The molecule has 0 saturated heterocycles. The number of carboxylic acids is 1. The molecule has 0 bridgehead atoms. The minimum atomic E-state index is -4.70. The highest BCUT2D eigenvalue weighted by molar-refractivity contribution is 5.71. The highest BCUT2D eigenvalue weighted by atomic mass is 19.4. The van der Waals surface area contributed by atoms with E-state index in [1.165, 1.54) is 0 Å². The summed E-state index contributed by atoms with van der Waals surface area (Å²) in [5.74, 6) is -4.18. The minimum absolute atomic E-state index is 0.172. The third-order valence-corrected chi connectivity index (χ3v) is 1.70. The Hall–Kier alpha value is -0.780. The van der Waals surface area contributed by atoms with Crippen LogP contribution in [0.5, 0.6) is 0 Å². The summed E-state index contributed by atoms with van der Waals surface area (Å²) in [6.45, 7) is 5.30. The molecule has 0 saturated carbocycles. The van der Waals surface area contributed by atoms with E-state index in [4.69, 9.17) is 5.11 Å². The van der Waals surface area contributed by atoms with Crippen LogP contribution in [0.15, 0.2) is 0 Å². The van der Waals surface area contributed by atoms with Crippen molar-refractivity contribution in [3.8, 4) is 0 Å². The smallest absolute Gasteiger partial charge is 0.403 e. The number of rotatable bonds is 4. The van der Waals surface area contributed by atoms with E-state index < -0.39 is 24.6 Å². The molecule has 90 valence electrons. The van der Waals surface area contributed by atoms with Crippen molar-refractivity contribution < 1.29 is 23.1 Å². The molecule has 6 heteroatoms. The van der Waals surface area contributed by atoms with E-state index >= 15 is 0 Å². The van der Waals surface area contributed by atoms with Crippen LogP contribution >= 0.6 is 0 Å². The second-order valence-corrected chi connectivity index (χ2v) is 4.62. The van der Waals surface area contributed by atoms with Gasteiger partial charge in [0.05, 0.1) is 0 Å². The summed E-state index contributed by atoms with van der Waals surface area (Å²) in [5.41, 5.74) is -0.172. The first kappa shape index (κ1) is 14.2. The third-order valence-electron chi connectivity index (χ3n) is 1.70. The van der Waals surface area contributed by atoms with Gasteiger partial charge in [-0.25, -0.2) is 0 Å². The van der Waals surface area contributed by atoms with E-state index in [0.29, 0.717) is 6.54 Å². The zero-order chi connectivity index (χ0) is 12.3. The van der Waals surface area contributed by atoms with Crippen LogP contribution in [0.3, 0.4) is 0 Å². The summed E-state index contributed by atoms with van der Waals surface area (Å²) in [4.78, 5) is 10.3. The van der Waals surface area contributed by atoms with E-state index in [1.54, 1.807) is 0 Å². The van der Waals surface area contributed by atoms with Crippen LogP contribution in [0.25, 0.3) is 0 Å². The number of hydrogen-bond donors (Lipinski definition) is 2. The number of halogens is 3. The first-order valence-corrected chi connectivity index (χ1v) is 4.54. The Morgan fingerprint density at radius 1 is 1.33 bits per heavy atom. The standard InChI is InChI=1S/C9H16F3NO2/c1-8(2,3)5-13-4-6(7(14)15)9(10,11)12/h6,13H,4-5H2,1-3H3,(H,14,15). The van der Waals surface area contributed by atoms with Crippen molar-refractivity contribution >= 4 is 5.97 Å². The molecule has 3 nitrogen and oxygen atoms in total. The van der Waals surface area contributed by atoms with E-state index in [9.17, 15) is 18.0 Å². The van der Waals surface area contributed by atoms with Gasteiger partial charge in [0.25, 0.3) is 0 Å². The lowest BCUT2D eigenvalue weighted by atomic mass is 9.96. The molecule has 0 amide bonds. The predicted molar refractivity (Wildman–Crippen MR) is 49.5 cm³/mol. The third kappa shape index (κ3) is 6.33. The summed E-state index contributed by atoms with van der Waals surface area (Å²) in [6.07, 6.45) is -4.70. The Morgan fingerprint density at radius 2 is 1.80 bits per heavy atom. The number of alkyl halides is 3. The second-order valence-electron chi connectivity index (χ2n) is 4.62. The van der Waals surface area contributed by atoms with Gasteiger partial charge in [0.2, 0.25) is 0 Å². The zero-order valence-corrected chi connectivity index (χ0v) is 8.98. The Morgan fingerprint density at radius 3 is 2.07 bits per heavy atom. The molecule has 0 aromatic carbocycles.